The van der Waals surface area contributed by atoms with Crippen LogP contribution in [-0.2, 0) is 0 Å². The van der Waals surface area contributed by atoms with E-state index in [0.29, 0.717) is 12.5 Å². The molecule has 0 aliphatic carbocycles. The third kappa shape index (κ3) is 2.42. The van der Waals surface area contributed by atoms with E-state index < -0.39 is 6.17 Å². The zero-order valence-electron chi connectivity index (χ0n) is 8.18. The highest BCUT2D eigenvalue weighted by Gasteiger charge is 2.29. The van der Waals surface area contributed by atoms with Crippen LogP contribution in [0.25, 0.3) is 0 Å². The predicted octanol–water partition coefficient (Wildman–Crippen LogP) is 1.58. The maximum absolute atomic E-state index is 13.0. The van der Waals surface area contributed by atoms with Crippen LogP contribution in [-0.4, -0.2) is 30.3 Å². The van der Waals surface area contributed by atoms with Crippen LogP contribution < -0.4 is 5.43 Å². The highest BCUT2D eigenvalue weighted by atomic mass is 19.1. The molecule has 1 unspecified atom stereocenters. The van der Waals surface area contributed by atoms with Gasteiger partial charge in [0.05, 0.1) is 6.04 Å². The summed E-state index contributed by atoms with van der Waals surface area (Å²) in [5, 5.41) is 2.02. The van der Waals surface area contributed by atoms with Gasteiger partial charge < -0.3 is 0 Å². The third-order valence-corrected chi connectivity index (χ3v) is 2.45. The molecule has 1 heterocycles. The van der Waals surface area contributed by atoms with Crippen LogP contribution in [0.1, 0.15) is 27.2 Å². The van der Waals surface area contributed by atoms with Gasteiger partial charge in [-0.2, -0.15) is 0 Å². The number of halogens is 1. The Morgan fingerprint density at radius 1 is 1.58 bits per heavy atom. The lowest BCUT2D eigenvalue weighted by Crippen LogP contribution is -2.37. The average molecular weight is 174 g/mol. The highest BCUT2D eigenvalue weighted by Crippen LogP contribution is 2.13. The molecule has 0 bridgehead atoms. The standard InChI is InChI=1S/C9H19FN2/c1-7(2)4-5-12-8(3)9(10)6-11-12/h7-9,11H,4-6H2,1-3H3/t8-,9?/m0/s1. The number of nitrogens with zero attached hydrogens (tertiary/aromatic N) is 1. The molecule has 1 fully saturated rings. The fraction of sp³-hybridized carbons (Fsp3) is 1.00. The number of hydrogen-bond acceptors (Lipinski definition) is 2. The third-order valence-electron chi connectivity index (χ3n) is 2.45. The number of nitrogens with one attached hydrogen (secondary N) is 1. The van der Waals surface area contributed by atoms with Crippen molar-refractivity contribution in [2.45, 2.75) is 39.4 Å². The van der Waals surface area contributed by atoms with Gasteiger partial charge >= 0.3 is 0 Å². The molecule has 72 valence electrons. The summed E-state index contributed by atoms with van der Waals surface area (Å²) in [5.41, 5.74) is 3.07. The lowest BCUT2D eigenvalue weighted by Gasteiger charge is -2.21. The van der Waals surface area contributed by atoms with Gasteiger partial charge in [-0.1, -0.05) is 13.8 Å². The van der Waals surface area contributed by atoms with Crippen molar-refractivity contribution in [3.8, 4) is 0 Å². The molecule has 1 rings (SSSR count). The van der Waals surface area contributed by atoms with Crippen LogP contribution >= 0.6 is 0 Å². The Kier molecular flexibility index (Phi) is 3.47. The molecule has 1 aliphatic heterocycles. The Labute approximate surface area is 74.1 Å². The second kappa shape index (κ2) is 4.19. The van der Waals surface area contributed by atoms with E-state index in [1.54, 1.807) is 0 Å². The van der Waals surface area contributed by atoms with Crippen LogP contribution in [0.5, 0.6) is 0 Å². The molecule has 1 saturated heterocycles. The minimum absolute atomic E-state index is 0.0451. The summed E-state index contributed by atoms with van der Waals surface area (Å²) in [6, 6.07) is 0.0451. The quantitative estimate of drug-likeness (QED) is 0.699. The van der Waals surface area contributed by atoms with E-state index in [-0.39, 0.29) is 6.04 Å². The Hall–Kier alpha value is -0.150. The van der Waals surface area contributed by atoms with Crippen molar-refractivity contribution in [1.29, 1.82) is 0 Å². The van der Waals surface area contributed by atoms with Gasteiger partial charge in [0.25, 0.3) is 0 Å². The maximum Gasteiger partial charge on any atom is 0.130 e. The minimum Gasteiger partial charge on any atom is -0.252 e. The molecule has 2 atom stereocenters. The summed E-state index contributed by atoms with van der Waals surface area (Å²) in [7, 11) is 0. The van der Waals surface area contributed by atoms with Crippen LogP contribution in [0.15, 0.2) is 0 Å². The first-order chi connectivity index (χ1) is 5.61. The van der Waals surface area contributed by atoms with Crippen molar-refractivity contribution in [2.24, 2.45) is 5.92 Å². The average Bonchev–Trinajstić information content (AvgIpc) is 2.30. The van der Waals surface area contributed by atoms with E-state index in [4.69, 9.17) is 0 Å². The molecule has 0 spiro atoms. The topological polar surface area (TPSA) is 15.3 Å². The van der Waals surface area contributed by atoms with Gasteiger partial charge in [0.2, 0.25) is 0 Å². The van der Waals surface area contributed by atoms with Gasteiger partial charge in [0, 0.05) is 13.1 Å². The molecule has 0 aromatic heterocycles. The van der Waals surface area contributed by atoms with Crippen molar-refractivity contribution < 1.29 is 4.39 Å². The monoisotopic (exact) mass is 174 g/mol. The van der Waals surface area contributed by atoms with Crippen molar-refractivity contribution >= 4 is 0 Å². The van der Waals surface area contributed by atoms with Crippen LogP contribution in [0.4, 0.5) is 4.39 Å². The van der Waals surface area contributed by atoms with E-state index in [9.17, 15) is 4.39 Å². The second-order valence-electron chi connectivity index (χ2n) is 3.99. The zero-order valence-corrected chi connectivity index (χ0v) is 8.18. The Balaban J connectivity index is 2.24. The molecule has 0 amide bonds. The fourth-order valence-electron chi connectivity index (χ4n) is 1.39. The summed E-state index contributed by atoms with van der Waals surface area (Å²) in [5.74, 6) is 0.692. The minimum atomic E-state index is -0.697. The molecule has 1 N–H and O–H groups in total. The molecule has 0 radical (unpaired) electrons. The van der Waals surface area contributed by atoms with Crippen molar-refractivity contribution in [1.82, 2.24) is 10.4 Å². The molecular weight excluding hydrogens is 155 g/mol. The Morgan fingerprint density at radius 3 is 2.67 bits per heavy atom. The van der Waals surface area contributed by atoms with E-state index in [0.717, 1.165) is 13.0 Å². The molecule has 0 aromatic rings. The highest BCUT2D eigenvalue weighted by molar-refractivity contribution is 4.81. The number of alkyl halides is 1. The van der Waals surface area contributed by atoms with Crippen molar-refractivity contribution in [3.05, 3.63) is 0 Å². The Bertz CT molecular complexity index is 138. The van der Waals surface area contributed by atoms with E-state index in [2.05, 4.69) is 19.3 Å². The van der Waals surface area contributed by atoms with E-state index in [1.807, 2.05) is 11.9 Å². The van der Waals surface area contributed by atoms with Crippen LogP contribution in [0.3, 0.4) is 0 Å². The van der Waals surface area contributed by atoms with Gasteiger partial charge in [-0.3, -0.25) is 5.43 Å². The molecule has 12 heavy (non-hydrogen) atoms. The largest absolute Gasteiger partial charge is 0.252 e. The number of hydrazine groups is 1. The second-order valence-corrected chi connectivity index (χ2v) is 3.99. The SMILES string of the molecule is CC(C)CCN1NCC(F)[C@@H]1C. The first-order valence-electron chi connectivity index (χ1n) is 4.75. The first-order valence-corrected chi connectivity index (χ1v) is 4.75. The Morgan fingerprint density at radius 2 is 2.25 bits per heavy atom. The molecular formula is C9H19FN2. The summed E-state index contributed by atoms with van der Waals surface area (Å²) in [4.78, 5) is 0. The lowest BCUT2D eigenvalue weighted by molar-refractivity contribution is 0.162. The summed E-state index contributed by atoms with van der Waals surface area (Å²) >= 11 is 0. The molecule has 2 nitrogen and oxygen atoms in total. The van der Waals surface area contributed by atoms with Crippen molar-refractivity contribution in [3.63, 3.8) is 0 Å². The summed E-state index contributed by atoms with van der Waals surface area (Å²) in [6.07, 6.45) is 0.432. The number of hydrogen-bond donors (Lipinski definition) is 1. The van der Waals surface area contributed by atoms with Crippen molar-refractivity contribution in [2.75, 3.05) is 13.1 Å². The van der Waals surface area contributed by atoms with Gasteiger partial charge in [-0.05, 0) is 19.3 Å². The normalized spacial score (nSPS) is 31.8. The first kappa shape index (κ1) is 9.93. The molecule has 0 aromatic carbocycles. The number of rotatable bonds is 3. The van der Waals surface area contributed by atoms with Crippen LogP contribution in [0.2, 0.25) is 0 Å². The smallest absolute Gasteiger partial charge is 0.130 e. The van der Waals surface area contributed by atoms with E-state index >= 15 is 0 Å². The fourth-order valence-corrected chi connectivity index (χ4v) is 1.39. The van der Waals surface area contributed by atoms with Crippen LogP contribution in [0, 0.1) is 5.92 Å². The summed E-state index contributed by atoms with van der Waals surface area (Å²) < 4.78 is 13.0. The molecule has 3 heteroatoms. The van der Waals surface area contributed by atoms with Gasteiger partial charge in [0.15, 0.2) is 0 Å². The summed E-state index contributed by atoms with van der Waals surface area (Å²) in [6.45, 7) is 7.75. The maximum atomic E-state index is 13.0. The molecule has 1 aliphatic rings. The lowest BCUT2D eigenvalue weighted by atomic mass is 10.1. The van der Waals surface area contributed by atoms with Gasteiger partial charge in [-0.25, -0.2) is 9.40 Å². The van der Waals surface area contributed by atoms with Gasteiger partial charge in [0.1, 0.15) is 6.17 Å². The zero-order chi connectivity index (χ0) is 9.14. The van der Waals surface area contributed by atoms with Gasteiger partial charge in [-0.15, -0.1) is 0 Å². The predicted molar refractivity (Wildman–Crippen MR) is 48.5 cm³/mol. The molecule has 0 saturated carbocycles. The van der Waals surface area contributed by atoms with E-state index in [1.165, 1.54) is 0 Å².